The van der Waals surface area contributed by atoms with Gasteiger partial charge in [-0.05, 0) is 29.3 Å². The summed E-state index contributed by atoms with van der Waals surface area (Å²) in [4.78, 5) is 8.91. The maximum absolute atomic E-state index is 9.43. The normalized spacial score (nSPS) is 15.3. The quantitative estimate of drug-likeness (QED) is 0.838. The molecule has 4 nitrogen and oxygen atoms in total. The monoisotopic (exact) mass is 315 g/mol. The first-order valence-corrected chi connectivity index (χ1v) is 6.93. The third kappa shape index (κ3) is 3.92. The van der Waals surface area contributed by atoms with Crippen LogP contribution in [0.15, 0.2) is 10.7 Å². The number of nitrogens with one attached hydrogen (secondary N) is 1. The first-order valence-electron chi connectivity index (χ1n) is 6.14. The summed E-state index contributed by atoms with van der Waals surface area (Å²) in [6.45, 7) is 10.3. The van der Waals surface area contributed by atoms with Crippen molar-refractivity contribution < 1.29 is 5.11 Å². The van der Waals surface area contributed by atoms with E-state index in [-0.39, 0.29) is 17.6 Å². The number of nitrogens with zero attached hydrogens (tertiary/aromatic N) is 2. The molecule has 1 aromatic rings. The third-order valence-electron chi connectivity index (χ3n) is 2.92. The van der Waals surface area contributed by atoms with E-state index >= 15 is 0 Å². The fourth-order valence-electron chi connectivity index (χ4n) is 1.37. The van der Waals surface area contributed by atoms with E-state index in [0.29, 0.717) is 0 Å². The largest absolute Gasteiger partial charge is 0.394 e. The zero-order chi connectivity index (χ0) is 14.0. The van der Waals surface area contributed by atoms with Crippen LogP contribution in [-0.2, 0) is 5.41 Å². The Morgan fingerprint density at radius 2 is 1.89 bits per heavy atom. The van der Waals surface area contributed by atoms with Gasteiger partial charge in [-0.15, -0.1) is 0 Å². The van der Waals surface area contributed by atoms with Gasteiger partial charge in [-0.1, -0.05) is 27.7 Å². The fourth-order valence-corrected chi connectivity index (χ4v) is 1.75. The van der Waals surface area contributed by atoms with Crippen molar-refractivity contribution in [3.63, 3.8) is 0 Å². The molecule has 0 saturated carbocycles. The zero-order valence-electron chi connectivity index (χ0n) is 11.7. The average molecular weight is 316 g/mol. The number of aromatic nitrogens is 2. The third-order valence-corrected chi connectivity index (χ3v) is 3.33. The average Bonchev–Trinajstić information content (AvgIpc) is 2.27. The molecule has 102 valence electrons. The molecule has 0 radical (unpaired) electrons. The van der Waals surface area contributed by atoms with Crippen molar-refractivity contribution in [1.29, 1.82) is 0 Å². The van der Waals surface area contributed by atoms with Crippen LogP contribution in [0.25, 0.3) is 0 Å². The summed E-state index contributed by atoms with van der Waals surface area (Å²) in [6, 6.07) is 1.83. The van der Waals surface area contributed by atoms with E-state index in [0.717, 1.165) is 22.7 Å². The standard InChI is InChI=1S/C13H22BrN3O/c1-6-13(5,8-18)17-10-7-9(14)15-11(16-10)12(2,3)4/h7,18H,6,8H2,1-5H3,(H,15,16,17). The number of halogens is 1. The first kappa shape index (κ1) is 15.4. The molecule has 5 heteroatoms. The SMILES string of the molecule is CCC(C)(CO)Nc1cc(Br)nc(C(C)(C)C)n1. The molecule has 0 aliphatic heterocycles. The molecule has 18 heavy (non-hydrogen) atoms. The van der Waals surface area contributed by atoms with Crippen LogP contribution in [-0.4, -0.2) is 27.2 Å². The molecule has 1 atom stereocenters. The van der Waals surface area contributed by atoms with Crippen molar-refractivity contribution in [2.75, 3.05) is 11.9 Å². The van der Waals surface area contributed by atoms with Crippen molar-refractivity contribution in [2.24, 2.45) is 0 Å². The van der Waals surface area contributed by atoms with E-state index in [4.69, 9.17) is 0 Å². The lowest BCUT2D eigenvalue weighted by molar-refractivity contribution is 0.218. The number of anilines is 1. The lowest BCUT2D eigenvalue weighted by Crippen LogP contribution is -2.38. The van der Waals surface area contributed by atoms with E-state index in [9.17, 15) is 5.11 Å². The van der Waals surface area contributed by atoms with E-state index in [1.54, 1.807) is 0 Å². The molecular formula is C13H22BrN3O. The minimum Gasteiger partial charge on any atom is -0.394 e. The highest BCUT2D eigenvalue weighted by Crippen LogP contribution is 2.24. The fraction of sp³-hybridized carbons (Fsp3) is 0.692. The highest BCUT2D eigenvalue weighted by molar-refractivity contribution is 9.10. The van der Waals surface area contributed by atoms with Gasteiger partial charge in [0.15, 0.2) is 0 Å². The molecule has 1 aromatic heterocycles. The van der Waals surface area contributed by atoms with Gasteiger partial charge in [0.2, 0.25) is 0 Å². The van der Waals surface area contributed by atoms with Gasteiger partial charge in [-0.25, -0.2) is 9.97 Å². The van der Waals surface area contributed by atoms with E-state index in [1.165, 1.54) is 0 Å². The summed E-state index contributed by atoms with van der Waals surface area (Å²) >= 11 is 3.40. The molecular weight excluding hydrogens is 294 g/mol. The summed E-state index contributed by atoms with van der Waals surface area (Å²) in [7, 11) is 0. The van der Waals surface area contributed by atoms with Crippen LogP contribution in [0.2, 0.25) is 0 Å². The van der Waals surface area contributed by atoms with Crippen LogP contribution in [0.5, 0.6) is 0 Å². The number of aliphatic hydroxyl groups excluding tert-OH is 1. The predicted octanol–water partition coefficient (Wildman–Crippen LogP) is 3.11. The molecule has 0 bridgehead atoms. The Bertz CT molecular complexity index is 411. The Morgan fingerprint density at radius 3 is 2.33 bits per heavy atom. The van der Waals surface area contributed by atoms with Crippen LogP contribution >= 0.6 is 15.9 Å². The molecule has 0 amide bonds. The van der Waals surface area contributed by atoms with Crippen molar-refractivity contribution in [1.82, 2.24) is 9.97 Å². The number of rotatable bonds is 4. The van der Waals surface area contributed by atoms with E-state index < -0.39 is 0 Å². The zero-order valence-corrected chi connectivity index (χ0v) is 13.3. The molecule has 1 unspecified atom stereocenters. The van der Waals surface area contributed by atoms with Gasteiger partial charge < -0.3 is 10.4 Å². The highest BCUT2D eigenvalue weighted by atomic mass is 79.9. The molecule has 1 rings (SSSR count). The van der Waals surface area contributed by atoms with Crippen LogP contribution < -0.4 is 5.32 Å². The Balaban J connectivity index is 3.08. The van der Waals surface area contributed by atoms with Crippen LogP contribution in [0.3, 0.4) is 0 Å². The van der Waals surface area contributed by atoms with Crippen LogP contribution in [0.1, 0.15) is 46.9 Å². The molecule has 0 spiro atoms. The van der Waals surface area contributed by atoms with Gasteiger partial charge in [-0.2, -0.15) is 0 Å². The van der Waals surface area contributed by atoms with Crippen molar-refractivity contribution in [3.8, 4) is 0 Å². The van der Waals surface area contributed by atoms with Crippen molar-refractivity contribution in [2.45, 2.75) is 52.0 Å². The Morgan fingerprint density at radius 1 is 1.28 bits per heavy atom. The topological polar surface area (TPSA) is 58.0 Å². The van der Waals surface area contributed by atoms with Gasteiger partial charge in [0.1, 0.15) is 16.2 Å². The number of hydrogen-bond donors (Lipinski definition) is 2. The summed E-state index contributed by atoms with van der Waals surface area (Å²) in [5.74, 6) is 1.51. The molecule has 0 aromatic carbocycles. The highest BCUT2D eigenvalue weighted by Gasteiger charge is 2.23. The van der Waals surface area contributed by atoms with Gasteiger partial charge >= 0.3 is 0 Å². The second-order valence-corrected chi connectivity index (χ2v) is 6.66. The van der Waals surface area contributed by atoms with Crippen LogP contribution in [0, 0.1) is 0 Å². The molecule has 2 N–H and O–H groups in total. The summed E-state index contributed by atoms with van der Waals surface area (Å²) in [6.07, 6.45) is 0.815. The van der Waals surface area contributed by atoms with E-state index in [1.807, 2.05) is 19.9 Å². The van der Waals surface area contributed by atoms with Crippen LogP contribution in [0.4, 0.5) is 5.82 Å². The number of hydrogen-bond acceptors (Lipinski definition) is 4. The van der Waals surface area contributed by atoms with E-state index in [2.05, 4.69) is 52.0 Å². The second-order valence-electron chi connectivity index (χ2n) is 5.85. The van der Waals surface area contributed by atoms with Gasteiger partial charge in [0.25, 0.3) is 0 Å². The molecule has 0 fully saturated rings. The summed E-state index contributed by atoms with van der Waals surface area (Å²) in [5, 5.41) is 12.7. The lowest BCUT2D eigenvalue weighted by atomic mass is 9.95. The number of aliphatic hydroxyl groups is 1. The Labute approximate surface area is 117 Å². The second kappa shape index (κ2) is 5.53. The smallest absolute Gasteiger partial charge is 0.137 e. The molecule has 0 aliphatic rings. The lowest BCUT2D eigenvalue weighted by Gasteiger charge is -2.28. The summed E-state index contributed by atoms with van der Waals surface area (Å²) < 4.78 is 0.751. The molecule has 0 saturated heterocycles. The minimum atomic E-state index is -0.358. The Hall–Kier alpha value is -0.680. The van der Waals surface area contributed by atoms with Gasteiger partial charge in [-0.3, -0.25) is 0 Å². The van der Waals surface area contributed by atoms with Gasteiger partial charge in [0.05, 0.1) is 12.1 Å². The predicted molar refractivity (Wildman–Crippen MR) is 77.8 cm³/mol. The molecule has 0 aliphatic carbocycles. The minimum absolute atomic E-state index is 0.0654. The van der Waals surface area contributed by atoms with Crippen molar-refractivity contribution >= 4 is 21.7 Å². The first-order chi connectivity index (χ1) is 8.20. The summed E-state index contributed by atoms with van der Waals surface area (Å²) in [5.41, 5.74) is -0.467. The van der Waals surface area contributed by atoms with Gasteiger partial charge in [0, 0.05) is 11.5 Å². The Kier molecular flexibility index (Phi) is 4.72. The maximum atomic E-state index is 9.43. The maximum Gasteiger partial charge on any atom is 0.137 e. The van der Waals surface area contributed by atoms with Crippen molar-refractivity contribution in [3.05, 3.63) is 16.5 Å². The molecule has 1 heterocycles.